The fourth-order valence-corrected chi connectivity index (χ4v) is 2.66. The molecular weight excluding hydrogens is 310 g/mol. The number of benzene rings is 1. The zero-order valence-corrected chi connectivity index (χ0v) is 13.0. The van der Waals surface area contributed by atoms with Crippen LogP contribution in [0.3, 0.4) is 0 Å². The van der Waals surface area contributed by atoms with E-state index in [2.05, 4.69) is 20.2 Å². The molecule has 1 saturated heterocycles. The second kappa shape index (κ2) is 7.03. The lowest BCUT2D eigenvalue weighted by atomic mass is 10.1. The Morgan fingerprint density at radius 3 is 2.71 bits per heavy atom. The van der Waals surface area contributed by atoms with Crippen LogP contribution in [0, 0.1) is 10.1 Å². The van der Waals surface area contributed by atoms with E-state index in [1.54, 1.807) is 6.07 Å². The van der Waals surface area contributed by atoms with E-state index in [0.717, 1.165) is 31.7 Å². The second-order valence-electron chi connectivity index (χ2n) is 5.57. The number of non-ortho nitro benzene ring substituents is 1. The largest absolute Gasteiger partial charge is 0.356 e. The molecule has 0 unspecified atom stereocenters. The predicted molar refractivity (Wildman–Crippen MR) is 89.1 cm³/mol. The quantitative estimate of drug-likeness (QED) is 0.684. The van der Waals surface area contributed by atoms with Crippen LogP contribution in [0.5, 0.6) is 0 Å². The summed E-state index contributed by atoms with van der Waals surface area (Å²) in [6.07, 6.45) is 4.88. The molecule has 1 fully saturated rings. The van der Waals surface area contributed by atoms with Gasteiger partial charge in [-0.3, -0.25) is 14.9 Å². The van der Waals surface area contributed by atoms with Crippen LogP contribution in [-0.4, -0.2) is 33.9 Å². The number of piperidine rings is 1. The Bertz CT molecular complexity index is 759. The number of amides is 1. The highest BCUT2D eigenvalue weighted by molar-refractivity contribution is 6.04. The van der Waals surface area contributed by atoms with Crippen LogP contribution >= 0.6 is 0 Å². The summed E-state index contributed by atoms with van der Waals surface area (Å²) in [5.74, 6) is 0.711. The first kappa shape index (κ1) is 15.9. The van der Waals surface area contributed by atoms with Crippen molar-refractivity contribution in [1.29, 1.82) is 0 Å². The molecular formula is C16H17N5O3. The van der Waals surface area contributed by atoms with E-state index in [-0.39, 0.29) is 11.3 Å². The highest BCUT2D eigenvalue weighted by atomic mass is 16.6. The van der Waals surface area contributed by atoms with Gasteiger partial charge in [-0.25, -0.2) is 9.97 Å². The van der Waals surface area contributed by atoms with Gasteiger partial charge in [0.25, 0.3) is 11.6 Å². The predicted octanol–water partition coefficient (Wildman–Crippen LogP) is 2.63. The Morgan fingerprint density at radius 2 is 1.96 bits per heavy atom. The summed E-state index contributed by atoms with van der Waals surface area (Å²) in [7, 11) is 0. The summed E-state index contributed by atoms with van der Waals surface area (Å²) in [5.41, 5.74) is 0.0849. The van der Waals surface area contributed by atoms with Crippen LogP contribution in [-0.2, 0) is 0 Å². The average molecular weight is 327 g/mol. The Morgan fingerprint density at radius 1 is 1.17 bits per heavy atom. The highest BCUT2D eigenvalue weighted by Gasteiger charge is 2.15. The zero-order chi connectivity index (χ0) is 16.9. The molecule has 0 aliphatic carbocycles. The summed E-state index contributed by atoms with van der Waals surface area (Å²) in [6.45, 7) is 1.88. The Hall–Kier alpha value is -3.03. The smallest absolute Gasteiger partial charge is 0.270 e. The van der Waals surface area contributed by atoms with Gasteiger partial charge in [-0.15, -0.1) is 0 Å². The third-order valence-electron chi connectivity index (χ3n) is 3.89. The van der Waals surface area contributed by atoms with Crippen molar-refractivity contribution in [3.8, 4) is 0 Å². The first-order chi connectivity index (χ1) is 11.6. The molecule has 1 aliphatic heterocycles. The number of carbonyl (C=O) groups is 1. The molecule has 0 radical (unpaired) electrons. The normalized spacial score (nSPS) is 14.2. The van der Waals surface area contributed by atoms with Crippen molar-refractivity contribution in [3.63, 3.8) is 0 Å². The van der Waals surface area contributed by atoms with E-state index in [1.165, 1.54) is 37.0 Å². The van der Waals surface area contributed by atoms with E-state index in [4.69, 9.17) is 0 Å². The average Bonchev–Trinajstić information content (AvgIpc) is 2.63. The summed E-state index contributed by atoms with van der Waals surface area (Å²) < 4.78 is 0. The Balaban J connectivity index is 1.74. The molecule has 1 aliphatic rings. The number of hydrogen-bond acceptors (Lipinski definition) is 6. The number of nitro benzene ring substituents is 1. The highest BCUT2D eigenvalue weighted by Crippen LogP contribution is 2.20. The van der Waals surface area contributed by atoms with Crippen molar-refractivity contribution >= 4 is 23.2 Å². The first-order valence-corrected chi connectivity index (χ1v) is 7.76. The lowest BCUT2D eigenvalue weighted by molar-refractivity contribution is -0.384. The van der Waals surface area contributed by atoms with Crippen molar-refractivity contribution in [2.45, 2.75) is 19.3 Å². The van der Waals surface area contributed by atoms with Gasteiger partial charge in [0.1, 0.15) is 18.0 Å². The lowest BCUT2D eigenvalue weighted by Gasteiger charge is -2.27. The third-order valence-corrected chi connectivity index (χ3v) is 3.89. The Kier molecular flexibility index (Phi) is 4.64. The molecule has 1 aromatic heterocycles. The molecule has 124 valence electrons. The van der Waals surface area contributed by atoms with Crippen molar-refractivity contribution in [2.24, 2.45) is 0 Å². The van der Waals surface area contributed by atoms with Gasteiger partial charge in [-0.1, -0.05) is 6.07 Å². The van der Waals surface area contributed by atoms with Crippen LogP contribution in [0.1, 0.15) is 29.6 Å². The van der Waals surface area contributed by atoms with Crippen LogP contribution in [0.15, 0.2) is 36.7 Å². The maximum absolute atomic E-state index is 12.3. The van der Waals surface area contributed by atoms with E-state index in [1.807, 2.05) is 0 Å². The molecule has 1 aromatic carbocycles. The number of nitro groups is 1. The first-order valence-electron chi connectivity index (χ1n) is 7.76. The molecule has 1 amide bonds. The van der Waals surface area contributed by atoms with Crippen LogP contribution in [0.25, 0.3) is 0 Å². The molecule has 0 saturated carbocycles. The summed E-state index contributed by atoms with van der Waals surface area (Å²) in [6, 6.07) is 7.31. The van der Waals surface area contributed by atoms with Crippen molar-refractivity contribution in [1.82, 2.24) is 9.97 Å². The van der Waals surface area contributed by atoms with Crippen LogP contribution < -0.4 is 10.2 Å². The lowest BCUT2D eigenvalue weighted by Crippen LogP contribution is -2.30. The molecule has 2 heterocycles. The van der Waals surface area contributed by atoms with Gasteiger partial charge in [-0.2, -0.15) is 0 Å². The van der Waals surface area contributed by atoms with Crippen molar-refractivity contribution < 1.29 is 9.72 Å². The molecule has 0 bridgehead atoms. The standard InChI is InChI=1S/C16H17N5O3/c22-16(12-5-4-6-13(9-12)21(23)24)19-14-10-15(18-11-17-14)20-7-2-1-3-8-20/h4-6,9-11H,1-3,7-8H2,(H,17,18,19,22). The molecule has 1 N–H and O–H groups in total. The maximum atomic E-state index is 12.3. The van der Waals surface area contributed by atoms with Crippen LogP contribution in [0.4, 0.5) is 17.3 Å². The minimum Gasteiger partial charge on any atom is -0.356 e. The number of nitrogens with one attached hydrogen (secondary N) is 1. The van der Waals surface area contributed by atoms with Gasteiger partial charge in [-0.05, 0) is 25.3 Å². The molecule has 0 atom stereocenters. The third kappa shape index (κ3) is 3.65. The zero-order valence-electron chi connectivity index (χ0n) is 13.0. The van der Waals surface area contributed by atoms with Gasteiger partial charge >= 0.3 is 0 Å². The fourth-order valence-electron chi connectivity index (χ4n) is 2.66. The van der Waals surface area contributed by atoms with Gasteiger partial charge in [0.2, 0.25) is 0 Å². The van der Waals surface area contributed by atoms with E-state index >= 15 is 0 Å². The number of nitrogens with zero attached hydrogens (tertiary/aromatic N) is 4. The number of carbonyl (C=O) groups excluding carboxylic acids is 1. The minimum absolute atomic E-state index is 0.126. The van der Waals surface area contributed by atoms with Crippen molar-refractivity contribution in [2.75, 3.05) is 23.3 Å². The van der Waals surface area contributed by atoms with Crippen LogP contribution in [0.2, 0.25) is 0 Å². The molecule has 3 rings (SSSR count). The Labute approximate surface area is 138 Å². The van der Waals surface area contributed by atoms with E-state index < -0.39 is 10.8 Å². The summed E-state index contributed by atoms with van der Waals surface area (Å²) in [4.78, 5) is 33.0. The fraction of sp³-hybridized carbons (Fsp3) is 0.312. The SMILES string of the molecule is O=C(Nc1cc(N2CCCCC2)ncn1)c1cccc([N+](=O)[O-])c1. The van der Waals surface area contributed by atoms with Gasteiger partial charge < -0.3 is 10.2 Å². The van der Waals surface area contributed by atoms with E-state index in [9.17, 15) is 14.9 Å². The molecule has 0 spiro atoms. The summed E-state index contributed by atoms with van der Waals surface area (Å²) in [5, 5.41) is 13.5. The maximum Gasteiger partial charge on any atom is 0.270 e. The molecule has 2 aromatic rings. The number of anilines is 2. The van der Waals surface area contributed by atoms with Gasteiger partial charge in [0.15, 0.2) is 0 Å². The van der Waals surface area contributed by atoms with Gasteiger partial charge in [0, 0.05) is 36.9 Å². The molecule has 8 nitrogen and oxygen atoms in total. The minimum atomic E-state index is -0.532. The molecule has 24 heavy (non-hydrogen) atoms. The van der Waals surface area contributed by atoms with Crippen molar-refractivity contribution in [3.05, 3.63) is 52.3 Å². The number of hydrogen-bond donors (Lipinski definition) is 1. The number of rotatable bonds is 4. The summed E-state index contributed by atoms with van der Waals surface area (Å²) >= 11 is 0. The monoisotopic (exact) mass is 327 g/mol. The second-order valence-corrected chi connectivity index (χ2v) is 5.57. The number of aromatic nitrogens is 2. The topological polar surface area (TPSA) is 101 Å². The van der Waals surface area contributed by atoms with Gasteiger partial charge in [0.05, 0.1) is 4.92 Å². The van der Waals surface area contributed by atoms with E-state index in [0.29, 0.717) is 5.82 Å². The molecule has 8 heteroatoms.